The molecule has 0 spiro atoms. The zero-order valence-corrected chi connectivity index (χ0v) is 7.32. The Morgan fingerprint density at radius 2 is 2.22 bits per heavy atom. The van der Waals surface area contributed by atoms with E-state index >= 15 is 0 Å². The maximum absolute atomic E-state index is 9.56. The summed E-state index contributed by atoms with van der Waals surface area (Å²) in [5.41, 5.74) is 0. The van der Waals surface area contributed by atoms with Crippen molar-refractivity contribution in [3.8, 4) is 0 Å². The summed E-state index contributed by atoms with van der Waals surface area (Å²) in [4.78, 5) is 0. The van der Waals surface area contributed by atoms with Crippen LogP contribution in [0, 0.1) is 5.92 Å². The summed E-state index contributed by atoms with van der Waals surface area (Å²) < 4.78 is -0.550. The number of aliphatic hydroxyl groups is 1. The van der Waals surface area contributed by atoms with E-state index in [2.05, 4.69) is 22.9 Å². The smallest absolute Gasteiger partial charge is 0.122 e. The van der Waals surface area contributed by atoms with E-state index in [-0.39, 0.29) is 0 Å². The highest BCUT2D eigenvalue weighted by molar-refractivity contribution is 9.10. The van der Waals surface area contributed by atoms with Crippen LogP contribution in [-0.4, -0.2) is 9.62 Å². The molecular weight excluding hydrogens is 180 g/mol. The van der Waals surface area contributed by atoms with Crippen molar-refractivity contribution in [3.05, 3.63) is 0 Å². The molecule has 0 aliphatic heterocycles. The Morgan fingerprint density at radius 1 is 1.56 bits per heavy atom. The van der Waals surface area contributed by atoms with E-state index in [4.69, 9.17) is 0 Å². The van der Waals surface area contributed by atoms with Gasteiger partial charge < -0.3 is 5.11 Å². The van der Waals surface area contributed by atoms with E-state index in [1.807, 2.05) is 0 Å². The van der Waals surface area contributed by atoms with Gasteiger partial charge in [-0.15, -0.1) is 0 Å². The lowest BCUT2D eigenvalue weighted by Gasteiger charge is -2.32. The van der Waals surface area contributed by atoms with Gasteiger partial charge in [0.05, 0.1) is 0 Å². The zero-order valence-electron chi connectivity index (χ0n) is 5.73. The lowest BCUT2D eigenvalue weighted by Crippen LogP contribution is -2.32. The Balaban J connectivity index is 2.49. The molecule has 0 saturated heterocycles. The van der Waals surface area contributed by atoms with E-state index < -0.39 is 4.51 Å². The standard InChI is InChI=1S/C7H13BrO/c1-6-4-2-3-5-7(6,8)9/h6,9H,2-5H2,1H3. The van der Waals surface area contributed by atoms with E-state index in [9.17, 15) is 5.11 Å². The molecule has 1 nitrogen and oxygen atoms in total. The van der Waals surface area contributed by atoms with Gasteiger partial charge in [0.1, 0.15) is 4.51 Å². The van der Waals surface area contributed by atoms with Gasteiger partial charge in [0, 0.05) is 0 Å². The predicted molar refractivity (Wildman–Crippen MR) is 41.5 cm³/mol. The first-order valence-electron chi connectivity index (χ1n) is 3.54. The van der Waals surface area contributed by atoms with Crippen LogP contribution in [0.4, 0.5) is 0 Å². The molecule has 0 aromatic rings. The molecule has 0 bridgehead atoms. The Labute approximate surface area is 64.6 Å². The predicted octanol–water partition coefficient (Wildman–Crippen LogP) is 2.28. The Hall–Kier alpha value is 0.440. The van der Waals surface area contributed by atoms with Crippen molar-refractivity contribution in [2.75, 3.05) is 0 Å². The molecule has 0 amide bonds. The molecule has 9 heavy (non-hydrogen) atoms. The number of hydrogen-bond acceptors (Lipinski definition) is 1. The maximum Gasteiger partial charge on any atom is 0.122 e. The largest absolute Gasteiger partial charge is 0.379 e. The van der Waals surface area contributed by atoms with E-state index in [1.54, 1.807) is 0 Å². The lowest BCUT2D eigenvalue weighted by atomic mass is 9.88. The quantitative estimate of drug-likeness (QED) is 0.585. The highest BCUT2D eigenvalue weighted by Crippen LogP contribution is 2.37. The second kappa shape index (κ2) is 2.59. The SMILES string of the molecule is CC1CCCCC1(O)Br. The van der Waals surface area contributed by atoms with Gasteiger partial charge in [-0.1, -0.05) is 29.3 Å². The van der Waals surface area contributed by atoms with Crippen molar-refractivity contribution >= 4 is 15.9 Å². The van der Waals surface area contributed by atoms with Crippen LogP contribution in [0.3, 0.4) is 0 Å². The third-order valence-corrected chi connectivity index (χ3v) is 3.35. The average Bonchev–Trinajstić information content (AvgIpc) is 1.77. The minimum absolute atomic E-state index is 0.422. The second-order valence-corrected chi connectivity index (χ2v) is 4.34. The first kappa shape index (κ1) is 7.55. The molecule has 1 saturated carbocycles. The Kier molecular flexibility index (Phi) is 2.17. The first-order valence-corrected chi connectivity index (χ1v) is 4.33. The lowest BCUT2D eigenvalue weighted by molar-refractivity contribution is 0.0520. The summed E-state index contributed by atoms with van der Waals surface area (Å²) >= 11 is 3.31. The van der Waals surface area contributed by atoms with Crippen LogP contribution in [0.1, 0.15) is 32.6 Å². The summed E-state index contributed by atoms with van der Waals surface area (Å²) in [6, 6.07) is 0. The first-order chi connectivity index (χ1) is 4.13. The van der Waals surface area contributed by atoms with Crippen molar-refractivity contribution in [2.24, 2.45) is 5.92 Å². The minimum atomic E-state index is -0.550. The molecule has 0 radical (unpaired) electrons. The van der Waals surface area contributed by atoms with E-state index in [0.717, 1.165) is 19.3 Å². The number of rotatable bonds is 0. The molecule has 1 rings (SSSR count). The molecular formula is C7H13BrO. The van der Waals surface area contributed by atoms with E-state index in [1.165, 1.54) is 6.42 Å². The van der Waals surface area contributed by atoms with Crippen LogP contribution in [-0.2, 0) is 0 Å². The van der Waals surface area contributed by atoms with Crippen LogP contribution in [0.25, 0.3) is 0 Å². The molecule has 0 heterocycles. The van der Waals surface area contributed by atoms with Crippen LogP contribution in [0.15, 0.2) is 0 Å². The maximum atomic E-state index is 9.56. The van der Waals surface area contributed by atoms with Crippen LogP contribution < -0.4 is 0 Å². The summed E-state index contributed by atoms with van der Waals surface area (Å²) in [6.45, 7) is 2.09. The highest BCUT2D eigenvalue weighted by Gasteiger charge is 2.32. The molecule has 2 atom stereocenters. The molecule has 2 heteroatoms. The van der Waals surface area contributed by atoms with Crippen molar-refractivity contribution in [1.82, 2.24) is 0 Å². The third kappa shape index (κ3) is 1.68. The fraction of sp³-hybridized carbons (Fsp3) is 1.00. The van der Waals surface area contributed by atoms with Gasteiger partial charge in [0.25, 0.3) is 0 Å². The molecule has 0 aromatic carbocycles. The highest BCUT2D eigenvalue weighted by atomic mass is 79.9. The summed E-state index contributed by atoms with van der Waals surface area (Å²) in [6.07, 6.45) is 4.50. The second-order valence-electron chi connectivity index (χ2n) is 2.97. The topological polar surface area (TPSA) is 20.2 Å². The van der Waals surface area contributed by atoms with Gasteiger partial charge in [-0.25, -0.2) is 0 Å². The third-order valence-electron chi connectivity index (χ3n) is 2.17. The number of hydrogen-bond donors (Lipinski definition) is 1. The van der Waals surface area contributed by atoms with Crippen molar-refractivity contribution in [3.63, 3.8) is 0 Å². The molecule has 1 aliphatic rings. The number of alkyl halides is 1. The van der Waals surface area contributed by atoms with E-state index in [0.29, 0.717) is 5.92 Å². The molecule has 0 aromatic heterocycles. The fourth-order valence-corrected chi connectivity index (χ4v) is 1.80. The molecule has 1 fully saturated rings. The van der Waals surface area contributed by atoms with Crippen LogP contribution >= 0.6 is 15.9 Å². The summed E-state index contributed by atoms with van der Waals surface area (Å²) in [5.74, 6) is 0.422. The van der Waals surface area contributed by atoms with Crippen LogP contribution in [0.5, 0.6) is 0 Å². The van der Waals surface area contributed by atoms with Gasteiger partial charge in [0.15, 0.2) is 0 Å². The molecule has 1 N–H and O–H groups in total. The molecule has 54 valence electrons. The zero-order chi connectivity index (χ0) is 6.91. The van der Waals surface area contributed by atoms with Crippen molar-refractivity contribution in [1.29, 1.82) is 0 Å². The average molecular weight is 193 g/mol. The Morgan fingerprint density at radius 3 is 2.56 bits per heavy atom. The van der Waals surface area contributed by atoms with Gasteiger partial charge in [-0.3, -0.25) is 0 Å². The summed E-state index contributed by atoms with van der Waals surface area (Å²) in [7, 11) is 0. The van der Waals surface area contributed by atoms with Crippen molar-refractivity contribution < 1.29 is 5.11 Å². The fourth-order valence-electron chi connectivity index (χ4n) is 1.29. The number of halogens is 1. The van der Waals surface area contributed by atoms with Gasteiger partial charge in [-0.2, -0.15) is 0 Å². The Bertz CT molecular complexity index is 101. The minimum Gasteiger partial charge on any atom is -0.379 e. The molecule has 2 unspecified atom stereocenters. The summed E-state index contributed by atoms with van der Waals surface area (Å²) in [5, 5.41) is 9.56. The molecule has 1 aliphatic carbocycles. The normalized spacial score (nSPS) is 45.0. The monoisotopic (exact) mass is 192 g/mol. The van der Waals surface area contributed by atoms with Crippen LogP contribution in [0.2, 0.25) is 0 Å². The van der Waals surface area contributed by atoms with Gasteiger partial charge in [-0.05, 0) is 25.2 Å². The van der Waals surface area contributed by atoms with Gasteiger partial charge >= 0.3 is 0 Å². The van der Waals surface area contributed by atoms with Crippen molar-refractivity contribution in [2.45, 2.75) is 37.1 Å². The van der Waals surface area contributed by atoms with Gasteiger partial charge in [0.2, 0.25) is 0 Å².